The van der Waals surface area contributed by atoms with E-state index in [4.69, 9.17) is 0 Å². The largest absolute Gasteiger partial charge is 0.330 e. The maximum atomic E-state index is 4.61. The number of imidazole rings is 1. The minimum Gasteiger partial charge on any atom is -0.330 e. The Bertz CT molecular complexity index is 851. The van der Waals surface area contributed by atoms with Gasteiger partial charge in [0.05, 0.1) is 0 Å². The van der Waals surface area contributed by atoms with Crippen molar-refractivity contribution in [1.82, 2.24) is 9.55 Å². The number of nitrogens with zero attached hydrogens (tertiary/aromatic N) is 2. The minimum atomic E-state index is 0.0357. The average molecular weight is 347 g/mol. The number of rotatable bonds is 5. The predicted molar refractivity (Wildman–Crippen MR) is 110 cm³/mol. The fraction of sp³-hybridized carbons (Fsp3) is 0.375. The molecular formula is C24H30N2. The lowest BCUT2D eigenvalue weighted by atomic mass is 9.93. The topological polar surface area (TPSA) is 17.8 Å². The fourth-order valence-corrected chi connectivity index (χ4v) is 3.51. The molecule has 3 aromatic rings. The van der Waals surface area contributed by atoms with Gasteiger partial charge in [-0.3, -0.25) is 0 Å². The summed E-state index contributed by atoms with van der Waals surface area (Å²) in [7, 11) is 0. The van der Waals surface area contributed by atoms with Crippen molar-refractivity contribution in [2.45, 2.75) is 53.0 Å². The lowest BCUT2D eigenvalue weighted by molar-refractivity contribution is 0.511. The van der Waals surface area contributed by atoms with Crippen LogP contribution in [0.4, 0.5) is 0 Å². The molecule has 0 atom stereocenters. The van der Waals surface area contributed by atoms with Crippen LogP contribution in [0.25, 0.3) is 11.1 Å². The second-order valence-corrected chi connectivity index (χ2v) is 8.58. The van der Waals surface area contributed by atoms with Crippen molar-refractivity contribution in [2.24, 2.45) is 5.92 Å². The summed E-state index contributed by atoms with van der Waals surface area (Å²) in [6.45, 7) is 12.0. The summed E-state index contributed by atoms with van der Waals surface area (Å²) in [5.41, 5.74) is 5.40. The molecule has 0 amide bonds. The lowest BCUT2D eigenvalue weighted by Crippen LogP contribution is -2.19. The van der Waals surface area contributed by atoms with Gasteiger partial charge in [-0.2, -0.15) is 0 Å². The molecule has 0 aliphatic carbocycles. The molecule has 0 aliphatic rings. The first-order chi connectivity index (χ1) is 12.3. The van der Waals surface area contributed by atoms with Gasteiger partial charge in [-0.05, 0) is 34.6 Å². The smallest absolute Gasteiger partial charge is 0.114 e. The Morgan fingerprint density at radius 1 is 1.00 bits per heavy atom. The van der Waals surface area contributed by atoms with Crippen LogP contribution < -0.4 is 0 Å². The first-order valence-corrected chi connectivity index (χ1v) is 9.53. The van der Waals surface area contributed by atoms with Crippen LogP contribution in [0.1, 0.15) is 51.6 Å². The normalized spacial score (nSPS) is 11.9. The number of hydrogen-bond acceptors (Lipinski definition) is 1. The first kappa shape index (κ1) is 18.4. The quantitative estimate of drug-likeness (QED) is 0.546. The summed E-state index contributed by atoms with van der Waals surface area (Å²) in [5.74, 6) is 1.79. The van der Waals surface area contributed by atoms with Crippen LogP contribution in [-0.4, -0.2) is 9.55 Å². The van der Waals surface area contributed by atoms with Gasteiger partial charge in [-0.1, -0.05) is 83.1 Å². The van der Waals surface area contributed by atoms with Crippen molar-refractivity contribution in [3.05, 3.63) is 77.9 Å². The third-order valence-corrected chi connectivity index (χ3v) is 4.63. The summed E-state index contributed by atoms with van der Waals surface area (Å²) in [4.78, 5) is 4.61. The van der Waals surface area contributed by atoms with E-state index >= 15 is 0 Å². The molecule has 0 N–H and O–H groups in total. The van der Waals surface area contributed by atoms with E-state index in [9.17, 15) is 0 Å². The van der Waals surface area contributed by atoms with Crippen LogP contribution in [0.2, 0.25) is 0 Å². The Balaban J connectivity index is 2.03. The standard InChI is InChI=1S/C24H30N2/c1-18(2)15-19-11-12-21(22(16-19)20-9-7-6-8-10-20)17-26-14-13-25-23(26)24(3,4)5/h6-14,16,18H,15,17H2,1-5H3. The van der Waals surface area contributed by atoms with Crippen molar-refractivity contribution in [3.63, 3.8) is 0 Å². The summed E-state index contributed by atoms with van der Waals surface area (Å²) < 4.78 is 2.28. The van der Waals surface area contributed by atoms with E-state index in [0.717, 1.165) is 18.8 Å². The van der Waals surface area contributed by atoms with Gasteiger partial charge in [0.1, 0.15) is 5.82 Å². The molecule has 0 bridgehead atoms. The molecular weight excluding hydrogens is 316 g/mol. The van der Waals surface area contributed by atoms with Crippen LogP contribution in [-0.2, 0) is 18.4 Å². The first-order valence-electron chi connectivity index (χ1n) is 9.53. The molecule has 3 rings (SSSR count). The Hall–Kier alpha value is -2.35. The Morgan fingerprint density at radius 3 is 2.38 bits per heavy atom. The van der Waals surface area contributed by atoms with Crippen LogP contribution in [0.3, 0.4) is 0 Å². The third-order valence-electron chi connectivity index (χ3n) is 4.63. The van der Waals surface area contributed by atoms with E-state index in [0.29, 0.717) is 5.92 Å². The van der Waals surface area contributed by atoms with Crippen LogP contribution in [0.5, 0.6) is 0 Å². The maximum Gasteiger partial charge on any atom is 0.114 e. The zero-order chi connectivity index (χ0) is 18.7. The average Bonchev–Trinajstić information content (AvgIpc) is 3.05. The van der Waals surface area contributed by atoms with Gasteiger partial charge in [0.15, 0.2) is 0 Å². The second-order valence-electron chi connectivity index (χ2n) is 8.58. The van der Waals surface area contributed by atoms with Crippen molar-refractivity contribution in [2.75, 3.05) is 0 Å². The monoisotopic (exact) mass is 346 g/mol. The van der Waals surface area contributed by atoms with Crippen molar-refractivity contribution >= 4 is 0 Å². The SMILES string of the molecule is CC(C)Cc1ccc(Cn2ccnc2C(C)(C)C)c(-c2ccccc2)c1. The number of benzene rings is 2. The van der Waals surface area contributed by atoms with Crippen LogP contribution in [0, 0.1) is 5.92 Å². The molecule has 26 heavy (non-hydrogen) atoms. The Kier molecular flexibility index (Phi) is 5.31. The highest BCUT2D eigenvalue weighted by atomic mass is 15.1. The van der Waals surface area contributed by atoms with Gasteiger partial charge in [0.25, 0.3) is 0 Å². The molecule has 0 radical (unpaired) electrons. The molecule has 0 unspecified atom stereocenters. The molecule has 0 aliphatic heterocycles. The maximum absolute atomic E-state index is 4.61. The van der Waals surface area contributed by atoms with Gasteiger partial charge >= 0.3 is 0 Å². The summed E-state index contributed by atoms with van der Waals surface area (Å²) in [6.07, 6.45) is 5.12. The van der Waals surface area contributed by atoms with E-state index in [-0.39, 0.29) is 5.41 Å². The van der Waals surface area contributed by atoms with Gasteiger partial charge in [0.2, 0.25) is 0 Å². The number of aromatic nitrogens is 2. The third kappa shape index (κ3) is 4.24. The minimum absolute atomic E-state index is 0.0357. The summed E-state index contributed by atoms with van der Waals surface area (Å²) in [5, 5.41) is 0. The van der Waals surface area contributed by atoms with Gasteiger partial charge < -0.3 is 4.57 Å². The van der Waals surface area contributed by atoms with Gasteiger partial charge in [-0.25, -0.2) is 4.98 Å². The fourth-order valence-electron chi connectivity index (χ4n) is 3.51. The van der Waals surface area contributed by atoms with E-state index in [1.54, 1.807) is 0 Å². The molecule has 0 saturated heterocycles. The molecule has 136 valence electrons. The van der Waals surface area contributed by atoms with E-state index in [1.807, 2.05) is 6.20 Å². The summed E-state index contributed by atoms with van der Waals surface area (Å²) >= 11 is 0. The van der Waals surface area contributed by atoms with Gasteiger partial charge in [-0.15, -0.1) is 0 Å². The molecule has 2 heteroatoms. The number of hydrogen-bond donors (Lipinski definition) is 0. The highest BCUT2D eigenvalue weighted by Crippen LogP contribution is 2.28. The Labute approximate surface area is 157 Å². The Morgan fingerprint density at radius 2 is 1.73 bits per heavy atom. The van der Waals surface area contributed by atoms with Crippen molar-refractivity contribution < 1.29 is 0 Å². The molecule has 1 heterocycles. The van der Waals surface area contributed by atoms with E-state index < -0.39 is 0 Å². The van der Waals surface area contributed by atoms with Crippen molar-refractivity contribution in [3.8, 4) is 11.1 Å². The molecule has 2 nitrogen and oxygen atoms in total. The van der Waals surface area contributed by atoms with Crippen LogP contribution >= 0.6 is 0 Å². The van der Waals surface area contributed by atoms with Gasteiger partial charge in [0, 0.05) is 24.4 Å². The predicted octanol–water partition coefficient (Wildman–Crippen LogP) is 6.09. The summed E-state index contributed by atoms with van der Waals surface area (Å²) in [6, 6.07) is 17.7. The molecule has 1 aromatic heterocycles. The molecule has 0 spiro atoms. The molecule has 0 fully saturated rings. The zero-order valence-electron chi connectivity index (χ0n) is 16.7. The van der Waals surface area contributed by atoms with Crippen LogP contribution in [0.15, 0.2) is 60.9 Å². The second kappa shape index (κ2) is 7.49. The van der Waals surface area contributed by atoms with E-state index in [2.05, 4.69) is 98.9 Å². The van der Waals surface area contributed by atoms with E-state index in [1.165, 1.54) is 22.3 Å². The highest BCUT2D eigenvalue weighted by molar-refractivity contribution is 5.68. The highest BCUT2D eigenvalue weighted by Gasteiger charge is 2.20. The lowest BCUT2D eigenvalue weighted by Gasteiger charge is -2.21. The molecule has 2 aromatic carbocycles. The zero-order valence-corrected chi connectivity index (χ0v) is 16.7. The molecule has 0 saturated carbocycles. The van der Waals surface area contributed by atoms with Crippen molar-refractivity contribution in [1.29, 1.82) is 0 Å².